The van der Waals surface area contributed by atoms with Gasteiger partial charge in [0, 0.05) is 39.7 Å². The van der Waals surface area contributed by atoms with Gasteiger partial charge in [-0.25, -0.2) is 4.68 Å². The first-order valence-electron chi connectivity index (χ1n) is 6.53. The van der Waals surface area contributed by atoms with E-state index >= 15 is 0 Å². The van der Waals surface area contributed by atoms with Gasteiger partial charge >= 0.3 is 5.97 Å². The summed E-state index contributed by atoms with van der Waals surface area (Å²) >= 11 is 0. The maximum atomic E-state index is 11.9. The number of nitrogens with zero attached hydrogens (tertiary/aromatic N) is 3. The summed E-state index contributed by atoms with van der Waals surface area (Å²) in [5.41, 5.74) is 0.566. The number of unbranched alkanes of at least 4 members (excludes halogenated alkanes) is 1. The molecule has 20 heavy (non-hydrogen) atoms. The summed E-state index contributed by atoms with van der Waals surface area (Å²) < 4.78 is 6.34. The molecule has 0 bridgehead atoms. The van der Waals surface area contributed by atoms with E-state index in [-0.39, 0.29) is 12.0 Å². The summed E-state index contributed by atoms with van der Waals surface area (Å²) in [4.78, 5) is 24.2. The average molecular weight is 283 g/mol. The van der Waals surface area contributed by atoms with Crippen LogP contribution in [0.15, 0.2) is 17.1 Å². The van der Waals surface area contributed by atoms with Crippen LogP contribution in [0.5, 0.6) is 0 Å². The summed E-state index contributed by atoms with van der Waals surface area (Å²) in [5.74, 6) is -0.819. The Hall–Kier alpha value is -1.89. The van der Waals surface area contributed by atoms with Gasteiger partial charge < -0.3 is 14.7 Å². The van der Waals surface area contributed by atoms with Crippen molar-refractivity contribution in [3.05, 3.63) is 22.6 Å². The van der Waals surface area contributed by atoms with Crippen molar-refractivity contribution in [3.63, 3.8) is 0 Å². The average Bonchev–Trinajstić information content (AvgIpc) is 2.42. The minimum absolute atomic E-state index is 0.118. The number of carbonyl (C=O) groups is 1. The van der Waals surface area contributed by atoms with Crippen LogP contribution in [0.4, 0.5) is 5.69 Å². The van der Waals surface area contributed by atoms with E-state index in [1.165, 1.54) is 10.7 Å². The maximum absolute atomic E-state index is 11.9. The molecular formula is C13H21N3O4. The number of aliphatic carboxylic acids is 1. The molecule has 7 heteroatoms. The normalized spacial score (nSPS) is 10.5. The van der Waals surface area contributed by atoms with Crippen LogP contribution >= 0.6 is 0 Å². The highest BCUT2D eigenvalue weighted by Gasteiger charge is 2.05. The second-order valence-corrected chi connectivity index (χ2v) is 4.54. The lowest BCUT2D eigenvalue weighted by molar-refractivity contribution is -0.137. The number of carboxylic acid groups (broad SMARTS) is 1. The van der Waals surface area contributed by atoms with E-state index in [4.69, 9.17) is 9.84 Å². The molecule has 7 nitrogen and oxygen atoms in total. The monoisotopic (exact) mass is 283 g/mol. The Bertz CT molecular complexity index is 487. The molecular weight excluding hydrogens is 262 g/mol. The van der Waals surface area contributed by atoms with E-state index in [1.54, 1.807) is 13.3 Å². The molecule has 0 aliphatic heterocycles. The molecule has 0 aliphatic carbocycles. The Morgan fingerprint density at radius 2 is 2.25 bits per heavy atom. The van der Waals surface area contributed by atoms with E-state index in [9.17, 15) is 9.59 Å². The topological polar surface area (TPSA) is 84.7 Å². The Morgan fingerprint density at radius 3 is 2.85 bits per heavy atom. The molecule has 1 heterocycles. The van der Waals surface area contributed by atoms with E-state index < -0.39 is 5.97 Å². The maximum Gasteiger partial charge on any atom is 0.303 e. The first-order chi connectivity index (χ1) is 9.54. The van der Waals surface area contributed by atoms with Gasteiger partial charge in [-0.1, -0.05) is 0 Å². The highest BCUT2D eigenvalue weighted by Crippen LogP contribution is 2.06. The molecule has 0 unspecified atom stereocenters. The molecule has 0 saturated heterocycles. The first-order valence-corrected chi connectivity index (χ1v) is 6.53. The Labute approximate surface area is 117 Å². The van der Waals surface area contributed by atoms with Gasteiger partial charge in [-0.3, -0.25) is 9.59 Å². The fraction of sp³-hybridized carbons (Fsp3) is 0.615. The third kappa shape index (κ3) is 5.40. The Balaban J connectivity index is 2.55. The van der Waals surface area contributed by atoms with Crippen LogP contribution in [-0.4, -0.2) is 48.2 Å². The second kappa shape index (κ2) is 8.31. The number of hydrogen-bond donors (Lipinski definition) is 1. The number of aromatic nitrogens is 2. The van der Waals surface area contributed by atoms with Gasteiger partial charge in [-0.15, -0.1) is 0 Å². The fourth-order valence-corrected chi connectivity index (χ4v) is 1.70. The zero-order chi connectivity index (χ0) is 15.0. The summed E-state index contributed by atoms with van der Waals surface area (Å²) in [7, 11) is 3.49. The molecule has 1 aromatic rings. The number of likely N-dealkylation sites (N-methyl/N-ethyl adjacent to an activating group) is 1. The van der Waals surface area contributed by atoms with Crippen LogP contribution in [0, 0.1) is 0 Å². The number of anilines is 1. The Morgan fingerprint density at radius 1 is 1.50 bits per heavy atom. The highest BCUT2D eigenvalue weighted by atomic mass is 16.5. The van der Waals surface area contributed by atoms with Crippen molar-refractivity contribution < 1.29 is 14.6 Å². The number of hydrogen-bond acceptors (Lipinski definition) is 5. The third-order valence-electron chi connectivity index (χ3n) is 2.94. The van der Waals surface area contributed by atoms with Crippen molar-refractivity contribution in [2.24, 2.45) is 0 Å². The minimum atomic E-state index is -0.819. The highest BCUT2D eigenvalue weighted by molar-refractivity contribution is 5.66. The van der Waals surface area contributed by atoms with Crippen LogP contribution in [-0.2, 0) is 16.1 Å². The Kier molecular flexibility index (Phi) is 6.72. The molecule has 0 radical (unpaired) electrons. The molecule has 1 rings (SSSR count). The van der Waals surface area contributed by atoms with Gasteiger partial charge in [0.25, 0.3) is 5.56 Å². The summed E-state index contributed by atoms with van der Waals surface area (Å²) in [5, 5.41) is 12.6. The molecule has 1 aromatic heterocycles. The predicted octanol–water partition coefficient (Wildman–Crippen LogP) is 0.581. The molecule has 0 aromatic carbocycles. The zero-order valence-electron chi connectivity index (χ0n) is 11.9. The minimum Gasteiger partial charge on any atom is -0.481 e. The van der Waals surface area contributed by atoms with E-state index in [2.05, 4.69) is 5.10 Å². The number of methoxy groups -OCH3 is 1. The molecule has 1 N–H and O–H groups in total. The first kappa shape index (κ1) is 16.2. The fourth-order valence-electron chi connectivity index (χ4n) is 1.70. The second-order valence-electron chi connectivity index (χ2n) is 4.54. The molecule has 112 valence electrons. The van der Waals surface area contributed by atoms with E-state index in [1.807, 2.05) is 11.9 Å². The van der Waals surface area contributed by atoms with Crippen molar-refractivity contribution in [2.75, 3.05) is 32.2 Å². The SMILES string of the molecule is COCCN(C)c1cnn(CCCCC(=O)O)c(=O)c1. The molecule has 0 saturated carbocycles. The third-order valence-corrected chi connectivity index (χ3v) is 2.94. The number of carboxylic acids is 1. The summed E-state index contributed by atoms with van der Waals surface area (Å²) in [6.45, 7) is 1.70. The largest absolute Gasteiger partial charge is 0.481 e. The van der Waals surface area contributed by atoms with Gasteiger partial charge in [-0.2, -0.15) is 5.10 Å². The summed E-state index contributed by atoms with van der Waals surface area (Å²) in [6, 6.07) is 1.53. The molecule has 0 aliphatic rings. The number of aryl methyl sites for hydroxylation is 1. The molecule has 0 amide bonds. The van der Waals surface area contributed by atoms with Gasteiger partial charge in [0.05, 0.1) is 18.5 Å². The van der Waals surface area contributed by atoms with Crippen LogP contribution in [0.3, 0.4) is 0 Å². The standard InChI is InChI=1S/C13H21N3O4/c1-15(7-8-20-2)11-9-12(17)16(14-10-11)6-4-3-5-13(18)19/h9-10H,3-8H2,1-2H3,(H,18,19). The molecule has 0 atom stereocenters. The van der Waals surface area contributed by atoms with Crippen LogP contribution in [0.25, 0.3) is 0 Å². The van der Waals surface area contributed by atoms with Gasteiger partial charge in [0.15, 0.2) is 0 Å². The predicted molar refractivity (Wildman–Crippen MR) is 75.1 cm³/mol. The smallest absolute Gasteiger partial charge is 0.303 e. The van der Waals surface area contributed by atoms with Crippen molar-refractivity contribution in [3.8, 4) is 0 Å². The lowest BCUT2D eigenvalue weighted by atomic mass is 10.2. The number of ether oxygens (including phenoxy) is 1. The molecule has 0 spiro atoms. The van der Waals surface area contributed by atoms with Crippen LogP contribution in [0.2, 0.25) is 0 Å². The molecule has 0 fully saturated rings. The van der Waals surface area contributed by atoms with Gasteiger partial charge in [-0.05, 0) is 12.8 Å². The van der Waals surface area contributed by atoms with E-state index in [0.29, 0.717) is 32.5 Å². The lowest BCUT2D eigenvalue weighted by Gasteiger charge is -2.18. The summed E-state index contributed by atoms with van der Waals surface area (Å²) in [6.07, 6.45) is 2.91. The van der Waals surface area contributed by atoms with Gasteiger partial charge in [0.2, 0.25) is 0 Å². The number of rotatable bonds is 9. The van der Waals surface area contributed by atoms with Crippen molar-refractivity contribution in [1.82, 2.24) is 9.78 Å². The van der Waals surface area contributed by atoms with Crippen LogP contribution in [0.1, 0.15) is 19.3 Å². The van der Waals surface area contributed by atoms with E-state index in [0.717, 1.165) is 5.69 Å². The lowest BCUT2D eigenvalue weighted by Crippen LogP contribution is -2.27. The zero-order valence-corrected chi connectivity index (χ0v) is 11.9. The van der Waals surface area contributed by atoms with Crippen molar-refractivity contribution in [2.45, 2.75) is 25.8 Å². The van der Waals surface area contributed by atoms with Crippen LogP contribution < -0.4 is 10.5 Å². The van der Waals surface area contributed by atoms with Crippen molar-refractivity contribution >= 4 is 11.7 Å². The van der Waals surface area contributed by atoms with Crippen molar-refractivity contribution in [1.29, 1.82) is 0 Å². The van der Waals surface area contributed by atoms with Gasteiger partial charge in [0.1, 0.15) is 0 Å². The quantitative estimate of drug-likeness (QED) is 0.667.